The fourth-order valence-electron chi connectivity index (χ4n) is 4.37. The number of aromatic nitrogens is 1. The van der Waals surface area contributed by atoms with Crippen molar-refractivity contribution >= 4 is 23.8 Å². The number of hydrogen-bond acceptors (Lipinski definition) is 8. The molecule has 2 heterocycles. The molecule has 4 atom stereocenters. The summed E-state index contributed by atoms with van der Waals surface area (Å²) in [6, 6.07) is 3.18. The van der Waals surface area contributed by atoms with E-state index in [1.807, 2.05) is 20.8 Å². The highest BCUT2D eigenvalue weighted by Crippen LogP contribution is 2.32. The molecule has 3 unspecified atom stereocenters. The minimum Gasteiger partial charge on any atom is -0.463 e. The third-order valence-corrected chi connectivity index (χ3v) is 6.58. The third-order valence-electron chi connectivity index (χ3n) is 6.58. The van der Waals surface area contributed by atoms with Gasteiger partial charge in [0.25, 0.3) is 5.91 Å². The minimum absolute atomic E-state index is 0.172. The van der Waals surface area contributed by atoms with Crippen molar-refractivity contribution in [3.63, 3.8) is 0 Å². The third kappa shape index (κ3) is 10.9. The highest BCUT2D eigenvalue weighted by Gasteiger charge is 2.55. The molecule has 1 saturated heterocycles. The maximum absolute atomic E-state index is 12.8. The van der Waals surface area contributed by atoms with Crippen molar-refractivity contribution in [2.45, 2.75) is 122 Å². The molecule has 2 N–H and O–H groups in total. The smallest absolute Gasteiger partial charge is 0.306 e. The number of pyridine rings is 1. The largest absolute Gasteiger partial charge is 0.463 e. The first-order valence-electron chi connectivity index (χ1n) is 14.3. The van der Waals surface area contributed by atoms with Gasteiger partial charge >= 0.3 is 24.1 Å². The summed E-state index contributed by atoms with van der Waals surface area (Å²) < 4.78 is 25.0. The summed E-state index contributed by atoms with van der Waals surface area (Å²) in [5.41, 5.74) is 5.70. The van der Waals surface area contributed by atoms with E-state index >= 15 is 0 Å². The molecule has 1 aliphatic rings. The molecule has 0 aliphatic carbocycles. The first kappa shape index (κ1) is 32.2. The van der Waals surface area contributed by atoms with E-state index in [-0.39, 0.29) is 37.4 Å². The number of carbonyl (C=O) groups is 4. The summed E-state index contributed by atoms with van der Waals surface area (Å²) in [4.78, 5) is 49.7. The van der Waals surface area contributed by atoms with Gasteiger partial charge in [-0.3, -0.25) is 19.2 Å². The number of amides is 1. The fraction of sp³-hybridized carbons (Fsp3) is 0.690. The second kappa shape index (κ2) is 17.6. The average Bonchev–Trinajstić information content (AvgIpc) is 3.24. The van der Waals surface area contributed by atoms with E-state index in [1.54, 1.807) is 22.9 Å². The summed E-state index contributed by atoms with van der Waals surface area (Å²) in [5, 5.41) is 0. The Labute approximate surface area is 231 Å². The molecule has 0 aromatic carbocycles. The quantitative estimate of drug-likeness (QED) is 0.125. The second-order valence-electron chi connectivity index (χ2n) is 9.93. The van der Waals surface area contributed by atoms with Gasteiger partial charge in [-0.25, -0.2) is 0 Å². The maximum atomic E-state index is 12.8. The van der Waals surface area contributed by atoms with Crippen LogP contribution in [0.1, 0.15) is 114 Å². The zero-order chi connectivity index (χ0) is 28.6. The Hall–Kier alpha value is -3.01. The molecular weight excluding hydrogens is 504 g/mol. The van der Waals surface area contributed by atoms with E-state index in [0.29, 0.717) is 19.3 Å². The summed E-state index contributed by atoms with van der Waals surface area (Å²) >= 11 is 0. The van der Waals surface area contributed by atoms with Gasteiger partial charge in [-0.05, 0) is 25.3 Å². The number of rotatable bonds is 18. The van der Waals surface area contributed by atoms with Gasteiger partial charge in [0.15, 0.2) is 18.5 Å². The van der Waals surface area contributed by atoms with Crippen LogP contribution in [0.15, 0.2) is 24.5 Å². The van der Waals surface area contributed by atoms with Gasteiger partial charge in [-0.2, -0.15) is 4.57 Å². The molecule has 1 aromatic rings. The van der Waals surface area contributed by atoms with E-state index < -0.39 is 42.4 Å². The van der Waals surface area contributed by atoms with Crippen LogP contribution >= 0.6 is 0 Å². The lowest BCUT2D eigenvalue weighted by Gasteiger charge is -2.23. The van der Waals surface area contributed by atoms with E-state index in [1.165, 1.54) is 6.20 Å². The molecule has 1 fully saturated rings. The molecule has 0 spiro atoms. The lowest BCUT2D eigenvalue weighted by atomic mass is 10.1. The van der Waals surface area contributed by atoms with Crippen molar-refractivity contribution in [3.8, 4) is 0 Å². The summed E-state index contributed by atoms with van der Waals surface area (Å²) in [6.07, 6.45) is 7.57. The molecule has 1 amide bonds. The predicted molar refractivity (Wildman–Crippen MR) is 142 cm³/mol. The zero-order valence-electron chi connectivity index (χ0n) is 23.6. The van der Waals surface area contributed by atoms with Crippen molar-refractivity contribution in [2.75, 3.05) is 6.61 Å². The molecule has 2 rings (SSSR count). The first-order valence-corrected chi connectivity index (χ1v) is 14.3. The lowest BCUT2D eigenvalue weighted by Crippen LogP contribution is -2.49. The van der Waals surface area contributed by atoms with Crippen LogP contribution in [0.4, 0.5) is 0 Å². The van der Waals surface area contributed by atoms with Crippen LogP contribution in [0.3, 0.4) is 0 Å². The molecular formula is C29H45N2O8+. The Morgan fingerprint density at radius 1 is 0.821 bits per heavy atom. The highest BCUT2D eigenvalue weighted by atomic mass is 16.7. The maximum Gasteiger partial charge on any atom is 0.306 e. The van der Waals surface area contributed by atoms with E-state index in [4.69, 9.17) is 24.7 Å². The minimum atomic E-state index is -1.02. The Bertz CT molecular complexity index is 938. The Balaban J connectivity index is 2.32. The molecule has 39 heavy (non-hydrogen) atoms. The van der Waals surface area contributed by atoms with Crippen LogP contribution in [0.2, 0.25) is 0 Å². The monoisotopic (exact) mass is 549 g/mol. The van der Waals surface area contributed by atoms with Crippen LogP contribution in [0, 0.1) is 0 Å². The Morgan fingerprint density at radius 2 is 1.36 bits per heavy atom. The van der Waals surface area contributed by atoms with E-state index in [0.717, 1.165) is 38.5 Å². The van der Waals surface area contributed by atoms with Crippen LogP contribution in [-0.4, -0.2) is 48.7 Å². The van der Waals surface area contributed by atoms with E-state index in [2.05, 4.69) is 0 Å². The average molecular weight is 550 g/mol. The summed E-state index contributed by atoms with van der Waals surface area (Å²) in [7, 11) is 0. The lowest BCUT2D eigenvalue weighted by molar-refractivity contribution is -0.765. The Kier molecular flexibility index (Phi) is 14.5. The van der Waals surface area contributed by atoms with Crippen molar-refractivity contribution in [1.82, 2.24) is 0 Å². The zero-order valence-corrected chi connectivity index (χ0v) is 23.6. The van der Waals surface area contributed by atoms with Gasteiger partial charge in [-0.1, -0.05) is 59.3 Å². The molecule has 218 valence electrons. The van der Waals surface area contributed by atoms with Gasteiger partial charge in [0.2, 0.25) is 6.10 Å². The predicted octanol–water partition coefficient (Wildman–Crippen LogP) is 4.08. The number of ether oxygens (including phenoxy) is 4. The number of primary amides is 1. The topological polar surface area (TPSA) is 135 Å². The van der Waals surface area contributed by atoms with Crippen LogP contribution in [0.5, 0.6) is 0 Å². The summed E-state index contributed by atoms with van der Waals surface area (Å²) in [5.74, 6) is -1.90. The fourth-order valence-corrected chi connectivity index (χ4v) is 4.37. The van der Waals surface area contributed by atoms with Gasteiger partial charge < -0.3 is 24.7 Å². The van der Waals surface area contributed by atoms with E-state index in [9.17, 15) is 19.2 Å². The second-order valence-corrected chi connectivity index (χ2v) is 9.93. The molecule has 0 saturated carbocycles. The molecule has 0 bridgehead atoms. The van der Waals surface area contributed by atoms with Gasteiger partial charge in [0.05, 0.1) is 0 Å². The van der Waals surface area contributed by atoms with Gasteiger partial charge in [0, 0.05) is 25.3 Å². The van der Waals surface area contributed by atoms with Gasteiger partial charge in [0.1, 0.15) is 18.3 Å². The SMILES string of the molecule is CCCCCC(=O)OCC1OC([n+]2cccc(C(N)=O)c2)[C@H](OC(=O)CCCCC)C1OC(=O)CCCCC. The van der Waals surface area contributed by atoms with Crippen molar-refractivity contribution < 1.29 is 42.7 Å². The highest BCUT2D eigenvalue weighted by molar-refractivity contribution is 5.92. The molecule has 1 aromatic heterocycles. The molecule has 0 radical (unpaired) electrons. The number of nitrogens with zero attached hydrogens (tertiary/aromatic N) is 1. The molecule has 10 nitrogen and oxygen atoms in total. The van der Waals surface area contributed by atoms with Crippen LogP contribution in [0.25, 0.3) is 0 Å². The normalized spacial score (nSPS) is 20.4. The van der Waals surface area contributed by atoms with Crippen molar-refractivity contribution in [1.29, 1.82) is 0 Å². The number of carbonyl (C=O) groups excluding carboxylic acids is 4. The molecule has 1 aliphatic heterocycles. The summed E-state index contributed by atoms with van der Waals surface area (Å²) in [6.45, 7) is 5.95. The van der Waals surface area contributed by atoms with Crippen molar-refractivity contribution in [2.24, 2.45) is 5.73 Å². The van der Waals surface area contributed by atoms with Crippen LogP contribution < -0.4 is 10.3 Å². The number of esters is 3. The first-order chi connectivity index (χ1) is 18.8. The van der Waals surface area contributed by atoms with Gasteiger partial charge in [-0.15, -0.1) is 0 Å². The number of hydrogen-bond donors (Lipinski definition) is 1. The Morgan fingerprint density at radius 3 is 1.90 bits per heavy atom. The number of nitrogens with two attached hydrogens (primary N) is 1. The standard InChI is InChI=1S/C29H44N2O8/c1-4-7-10-15-23(32)36-20-22-26(38-24(33)16-11-8-5-2)27(39-25(34)17-12-9-6-3)29(37-22)31-18-13-14-21(19-31)28(30)35/h13-14,18-19,22,26-27,29H,4-12,15-17,20H2,1-3H3,(H-,30,35)/p+1/t22?,26?,27-,29?/m1/s1. The van der Waals surface area contributed by atoms with Crippen molar-refractivity contribution in [3.05, 3.63) is 30.1 Å². The number of unbranched alkanes of at least 4 members (excludes halogenated alkanes) is 6. The molecule has 10 heteroatoms. The van der Waals surface area contributed by atoms with Crippen LogP contribution in [-0.2, 0) is 33.3 Å².